The predicted molar refractivity (Wildman–Crippen MR) is 93.1 cm³/mol. The Labute approximate surface area is 145 Å². The molecule has 0 amide bonds. The molecule has 0 aliphatic carbocycles. The summed E-state index contributed by atoms with van der Waals surface area (Å²) in [5, 5.41) is 0.920. The number of ketones is 2. The summed E-state index contributed by atoms with van der Waals surface area (Å²) in [5.41, 5.74) is 0.610. The van der Waals surface area contributed by atoms with Crippen LogP contribution in [-0.4, -0.2) is 22.2 Å². The van der Waals surface area contributed by atoms with Crippen LogP contribution in [0.25, 0.3) is 0 Å². The standard InChI is InChI=1S/C17H14Br2O3/c1-2-15(20)17(10-18,11-19)13-7-5-12(6-8-13)16(21)14-4-3-9-22-14/h2-9H,1,10-11H2. The van der Waals surface area contributed by atoms with Crippen LogP contribution in [0, 0.1) is 0 Å². The molecular weight excluding hydrogens is 412 g/mol. The number of hydrogen-bond acceptors (Lipinski definition) is 3. The van der Waals surface area contributed by atoms with E-state index < -0.39 is 5.41 Å². The van der Waals surface area contributed by atoms with Crippen molar-refractivity contribution in [2.75, 3.05) is 10.7 Å². The van der Waals surface area contributed by atoms with Gasteiger partial charge in [0.15, 0.2) is 11.5 Å². The largest absolute Gasteiger partial charge is 0.461 e. The molecule has 0 saturated carbocycles. The fraction of sp³-hybridized carbons (Fsp3) is 0.176. The first-order valence-corrected chi connectivity index (χ1v) is 8.81. The number of carbonyl (C=O) groups excluding carboxylic acids is 2. The van der Waals surface area contributed by atoms with E-state index in [2.05, 4.69) is 38.4 Å². The zero-order valence-electron chi connectivity index (χ0n) is 11.7. The molecule has 1 aromatic carbocycles. The van der Waals surface area contributed by atoms with Gasteiger partial charge in [0.1, 0.15) is 0 Å². The highest BCUT2D eigenvalue weighted by Gasteiger charge is 2.36. The number of benzene rings is 1. The van der Waals surface area contributed by atoms with E-state index in [1.54, 1.807) is 36.4 Å². The molecular formula is C17H14Br2O3. The van der Waals surface area contributed by atoms with Gasteiger partial charge in [-0.3, -0.25) is 9.59 Å². The summed E-state index contributed by atoms with van der Waals surface area (Å²) in [5.74, 6) is 0.0309. The smallest absolute Gasteiger partial charge is 0.228 e. The van der Waals surface area contributed by atoms with Crippen LogP contribution in [0.4, 0.5) is 0 Å². The third-order valence-corrected chi connectivity index (χ3v) is 5.47. The highest BCUT2D eigenvalue weighted by Crippen LogP contribution is 2.31. The van der Waals surface area contributed by atoms with Crippen molar-refractivity contribution in [2.24, 2.45) is 0 Å². The number of allylic oxidation sites excluding steroid dienone is 1. The lowest BCUT2D eigenvalue weighted by molar-refractivity contribution is -0.118. The summed E-state index contributed by atoms with van der Waals surface area (Å²) >= 11 is 6.82. The van der Waals surface area contributed by atoms with Crippen molar-refractivity contribution in [3.8, 4) is 0 Å². The van der Waals surface area contributed by atoms with Crippen LogP contribution >= 0.6 is 31.9 Å². The molecule has 2 aromatic rings. The van der Waals surface area contributed by atoms with Crippen molar-refractivity contribution in [3.63, 3.8) is 0 Å². The molecule has 22 heavy (non-hydrogen) atoms. The van der Waals surface area contributed by atoms with Crippen LogP contribution in [0.15, 0.2) is 59.7 Å². The molecule has 1 heterocycles. The van der Waals surface area contributed by atoms with E-state index in [4.69, 9.17) is 4.42 Å². The van der Waals surface area contributed by atoms with Gasteiger partial charge in [-0.2, -0.15) is 0 Å². The zero-order valence-corrected chi connectivity index (χ0v) is 14.9. The minimum Gasteiger partial charge on any atom is -0.461 e. The van der Waals surface area contributed by atoms with Crippen LogP contribution in [0.3, 0.4) is 0 Å². The van der Waals surface area contributed by atoms with E-state index in [1.807, 2.05) is 0 Å². The Morgan fingerprint density at radius 1 is 1.14 bits per heavy atom. The number of furan rings is 1. The van der Waals surface area contributed by atoms with E-state index >= 15 is 0 Å². The predicted octanol–water partition coefficient (Wildman–Crippen LogP) is 4.29. The van der Waals surface area contributed by atoms with Gasteiger partial charge >= 0.3 is 0 Å². The van der Waals surface area contributed by atoms with E-state index in [1.165, 1.54) is 12.3 Å². The van der Waals surface area contributed by atoms with Gasteiger partial charge in [-0.05, 0) is 23.8 Å². The SMILES string of the molecule is C=CC(=O)C(CBr)(CBr)c1ccc(C(=O)c2ccco2)cc1. The van der Waals surface area contributed by atoms with Crippen molar-refractivity contribution in [3.05, 3.63) is 72.2 Å². The van der Waals surface area contributed by atoms with Crippen LogP contribution in [0.1, 0.15) is 21.7 Å². The molecule has 1 aromatic heterocycles. The first-order chi connectivity index (χ1) is 10.6. The molecule has 0 atom stereocenters. The first kappa shape index (κ1) is 16.9. The second-order valence-electron chi connectivity index (χ2n) is 4.80. The molecule has 2 rings (SSSR count). The van der Waals surface area contributed by atoms with Crippen molar-refractivity contribution >= 4 is 43.4 Å². The molecule has 0 aliphatic heterocycles. The van der Waals surface area contributed by atoms with E-state index in [9.17, 15) is 9.59 Å². The monoisotopic (exact) mass is 424 g/mol. The second kappa shape index (κ2) is 7.20. The topological polar surface area (TPSA) is 47.3 Å². The van der Waals surface area contributed by atoms with Crippen molar-refractivity contribution < 1.29 is 14.0 Å². The number of carbonyl (C=O) groups is 2. The van der Waals surface area contributed by atoms with Gasteiger partial charge in [-0.15, -0.1) is 0 Å². The summed E-state index contributed by atoms with van der Waals surface area (Å²) in [7, 11) is 0. The maximum absolute atomic E-state index is 12.2. The quantitative estimate of drug-likeness (QED) is 0.377. The third-order valence-electron chi connectivity index (χ3n) is 3.56. The second-order valence-corrected chi connectivity index (χ2v) is 5.92. The Morgan fingerprint density at radius 2 is 1.77 bits per heavy atom. The molecule has 0 fully saturated rings. The molecule has 0 unspecified atom stereocenters. The van der Waals surface area contributed by atoms with Gasteiger partial charge in [-0.25, -0.2) is 0 Å². The lowest BCUT2D eigenvalue weighted by atomic mass is 9.80. The van der Waals surface area contributed by atoms with E-state index in [-0.39, 0.29) is 11.6 Å². The lowest BCUT2D eigenvalue weighted by Crippen LogP contribution is -2.38. The maximum Gasteiger partial charge on any atom is 0.228 e. The summed E-state index contributed by atoms with van der Waals surface area (Å²) in [6.45, 7) is 3.57. The van der Waals surface area contributed by atoms with Gasteiger partial charge in [0.05, 0.1) is 11.7 Å². The third kappa shape index (κ3) is 3.01. The lowest BCUT2D eigenvalue weighted by Gasteiger charge is -2.27. The fourth-order valence-electron chi connectivity index (χ4n) is 2.15. The summed E-state index contributed by atoms with van der Waals surface area (Å²) in [6.07, 6.45) is 2.79. The van der Waals surface area contributed by atoms with Crippen LogP contribution < -0.4 is 0 Å². The number of hydrogen-bond donors (Lipinski definition) is 0. The highest BCUT2D eigenvalue weighted by molar-refractivity contribution is 9.09. The van der Waals surface area contributed by atoms with Crippen LogP contribution in [-0.2, 0) is 10.2 Å². The zero-order chi connectivity index (χ0) is 16.2. The number of rotatable bonds is 7. The average molecular weight is 426 g/mol. The molecule has 5 heteroatoms. The first-order valence-electron chi connectivity index (χ1n) is 6.56. The van der Waals surface area contributed by atoms with Crippen molar-refractivity contribution in [2.45, 2.75) is 5.41 Å². The van der Waals surface area contributed by atoms with Gasteiger partial charge in [0.2, 0.25) is 5.78 Å². The van der Waals surface area contributed by atoms with Gasteiger partial charge in [0.25, 0.3) is 0 Å². The Kier molecular flexibility index (Phi) is 5.53. The van der Waals surface area contributed by atoms with Crippen LogP contribution in [0.5, 0.6) is 0 Å². The normalized spacial score (nSPS) is 11.2. The van der Waals surface area contributed by atoms with E-state index in [0.717, 1.165) is 5.56 Å². The molecule has 114 valence electrons. The molecule has 0 aliphatic rings. The Morgan fingerprint density at radius 3 is 2.23 bits per heavy atom. The Hall–Kier alpha value is -1.46. The highest BCUT2D eigenvalue weighted by atomic mass is 79.9. The molecule has 0 spiro atoms. The van der Waals surface area contributed by atoms with Gasteiger partial charge in [0, 0.05) is 16.2 Å². The average Bonchev–Trinajstić information content (AvgIpc) is 3.10. The van der Waals surface area contributed by atoms with Gasteiger partial charge < -0.3 is 4.42 Å². The Bertz CT molecular complexity index is 668. The molecule has 0 radical (unpaired) electrons. The number of halogens is 2. The van der Waals surface area contributed by atoms with Crippen LogP contribution in [0.2, 0.25) is 0 Å². The molecule has 3 nitrogen and oxygen atoms in total. The fourth-order valence-corrected chi connectivity index (χ4v) is 4.28. The summed E-state index contributed by atoms with van der Waals surface area (Å²) in [4.78, 5) is 24.4. The summed E-state index contributed by atoms with van der Waals surface area (Å²) in [6, 6.07) is 10.3. The number of alkyl halides is 2. The Balaban J connectivity index is 2.37. The van der Waals surface area contributed by atoms with Crippen molar-refractivity contribution in [1.82, 2.24) is 0 Å². The summed E-state index contributed by atoms with van der Waals surface area (Å²) < 4.78 is 5.11. The van der Waals surface area contributed by atoms with Gasteiger partial charge in [-0.1, -0.05) is 62.7 Å². The minimum absolute atomic E-state index is 0.0774. The maximum atomic E-state index is 12.2. The van der Waals surface area contributed by atoms with Crippen molar-refractivity contribution in [1.29, 1.82) is 0 Å². The molecule has 0 saturated heterocycles. The molecule has 0 bridgehead atoms. The van der Waals surface area contributed by atoms with E-state index in [0.29, 0.717) is 22.0 Å². The molecule has 0 N–H and O–H groups in total. The minimum atomic E-state index is -0.728.